The average Bonchev–Trinajstić information content (AvgIpc) is 2.30. The number of aryl methyl sites for hydroxylation is 1. The smallest absolute Gasteiger partial charge is 0.294 e. The maximum Gasteiger partial charge on any atom is 0.294 e. The van der Waals surface area contributed by atoms with Gasteiger partial charge in [-0.05, 0) is 19.1 Å². The summed E-state index contributed by atoms with van der Waals surface area (Å²) >= 11 is 0. The zero-order chi connectivity index (χ0) is 14.6. The van der Waals surface area contributed by atoms with Gasteiger partial charge < -0.3 is 14.9 Å². The Morgan fingerprint density at radius 2 is 1.39 bits per heavy atom. The lowest BCUT2D eigenvalue weighted by Crippen LogP contribution is -1.96. The van der Waals surface area contributed by atoms with Gasteiger partial charge in [-0.1, -0.05) is 17.7 Å². The quantitative estimate of drug-likeness (QED) is 0.680. The molecule has 0 atom stereocenters. The van der Waals surface area contributed by atoms with Gasteiger partial charge in [0.2, 0.25) is 0 Å². The van der Waals surface area contributed by atoms with Crippen LogP contribution >= 0.6 is 0 Å². The fourth-order valence-electron chi connectivity index (χ4n) is 0.710. The van der Waals surface area contributed by atoms with Gasteiger partial charge in [-0.2, -0.15) is 8.42 Å². The lowest BCUT2D eigenvalue weighted by molar-refractivity contribution is 0.186. The third kappa shape index (κ3) is 11.5. The molecule has 106 valence electrons. The van der Waals surface area contributed by atoms with Crippen LogP contribution in [0.2, 0.25) is 0 Å². The molecule has 0 bridgehead atoms. The maximum atomic E-state index is 10.5. The summed E-state index contributed by atoms with van der Waals surface area (Å²) in [6, 6.07) is 5.99. The number of hydrogen-bond acceptors (Lipinski definition) is 5. The van der Waals surface area contributed by atoms with Crippen LogP contribution in [0.1, 0.15) is 5.56 Å². The van der Waals surface area contributed by atoms with Crippen LogP contribution in [-0.4, -0.2) is 50.6 Å². The standard InChI is InChI=1S/C7H8O3S.C2H6O2.C2H6O/c1-6-2-4-7(5-3-6)11(8,9)10;3-1-2-4;1-3-2/h2-5H,1H3,(H,8,9,10);3-4H,1-2H2;1-2H3. The molecule has 0 aliphatic carbocycles. The molecule has 0 unspecified atom stereocenters. The predicted molar refractivity (Wildman–Crippen MR) is 68.1 cm³/mol. The van der Waals surface area contributed by atoms with Gasteiger partial charge in [-0.3, -0.25) is 4.55 Å². The molecule has 0 amide bonds. The SMILES string of the molecule is COC.Cc1ccc(S(=O)(=O)O)cc1.OCCO. The summed E-state index contributed by atoms with van der Waals surface area (Å²) in [4.78, 5) is -0.0666. The van der Waals surface area contributed by atoms with Crippen molar-refractivity contribution in [3.05, 3.63) is 29.8 Å². The Morgan fingerprint density at radius 3 is 1.61 bits per heavy atom. The average molecular weight is 280 g/mol. The molecule has 1 aromatic carbocycles. The van der Waals surface area contributed by atoms with Gasteiger partial charge in [-0.25, -0.2) is 0 Å². The molecule has 3 N–H and O–H groups in total. The Labute approximate surface area is 108 Å². The molecular formula is C11H20O6S. The second kappa shape index (κ2) is 11.1. The lowest BCUT2D eigenvalue weighted by atomic mass is 10.2. The van der Waals surface area contributed by atoms with Crippen LogP contribution in [0.4, 0.5) is 0 Å². The normalized spacial score (nSPS) is 9.67. The van der Waals surface area contributed by atoms with E-state index in [1.54, 1.807) is 26.4 Å². The van der Waals surface area contributed by atoms with E-state index in [4.69, 9.17) is 14.8 Å². The van der Waals surface area contributed by atoms with Crippen LogP contribution in [0.15, 0.2) is 29.2 Å². The molecule has 0 spiro atoms. The fraction of sp³-hybridized carbons (Fsp3) is 0.455. The van der Waals surface area contributed by atoms with Gasteiger partial charge in [-0.15, -0.1) is 0 Å². The minimum atomic E-state index is -4.02. The van der Waals surface area contributed by atoms with Gasteiger partial charge in [0, 0.05) is 14.2 Å². The molecule has 18 heavy (non-hydrogen) atoms. The summed E-state index contributed by atoms with van der Waals surface area (Å²) in [5, 5.41) is 15.2. The molecule has 0 fully saturated rings. The van der Waals surface area contributed by atoms with Gasteiger partial charge in [0.25, 0.3) is 10.1 Å². The van der Waals surface area contributed by atoms with Gasteiger partial charge in [0.15, 0.2) is 0 Å². The molecule has 0 saturated carbocycles. The Balaban J connectivity index is 0. The van der Waals surface area contributed by atoms with Crippen LogP contribution in [0.25, 0.3) is 0 Å². The molecular weight excluding hydrogens is 260 g/mol. The van der Waals surface area contributed by atoms with E-state index in [2.05, 4.69) is 4.74 Å². The van der Waals surface area contributed by atoms with E-state index in [1.807, 2.05) is 6.92 Å². The van der Waals surface area contributed by atoms with E-state index in [9.17, 15) is 8.42 Å². The first-order valence-corrected chi connectivity index (χ1v) is 6.43. The Bertz CT molecular complexity index is 382. The Kier molecular flexibility index (Phi) is 12.0. The highest BCUT2D eigenvalue weighted by atomic mass is 32.2. The topological polar surface area (TPSA) is 104 Å². The number of hydrogen-bond donors (Lipinski definition) is 3. The fourth-order valence-corrected chi connectivity index (χ4v) is 1.19. The van der Waals surface area contributed by atoms with Crippen LogP contribution in [0.3, 0.4) is 0 Å². The summed E-state index contributed by atoms with van der Waals surface area (Å²) in [5.74, 6) is 0. The van der Waals surface area contributed by atoms with Gasteiger partial charge >= 0.3 is 0 Å². The van der Waals surface area contributed by atoms with Crippen LogP contribution in [0.5, 0.6) is 0 Å². The van der Waals surface area contributed by atoms with Crippen molar-refractivity contribution in [2.24, 2.45) is 0 Å². The number of methoxy groups -OCH3 is 1. The third-order valence-corrected chi connectivity index (χ3v) is 2.29. The van der Waals surface area contributed by atoms with Crippen LogP contribution < -0.4 is 0 Å². The van der Waals surface area contributed by atoms with E-state index in [0.29, 0.717) is 0 Å². The Morgan fingerprint density at radius 1 is 1.06 bits per heavy atom. The Hall–Kier alpha value is -0.990. The maximum absolute atomic E-state index is 10.5. The zero-order valence-electron chi connectivity index (χ0n) is 10.7. The summed E-state index contributed by atoms with van der Waals surface area (Å²) in [6.45, 7) is 1.59. The van der Waals surface area contributed by atoms with E-state index in [0.717, 1.165) is 5.56 Å². The van der Waals surface area contributed by atoms with E-state index < -0.39 is 10.1 Å². The highest BCUT2D eigenvalue weighted by molar-refractivity contribution is 7.85. The van der Waals surface area contributed by atoms with Crippen LogP contribution in [-0.2, 0) is 14.9 Å². The second-order valence-electron chi connectivity index (χ2n) is 3.14. The molecule has 1 aromatic rings. The van der Waals surface area contributed by atoms with Crippen molar-refractivity contribution in [2.45, 2.75) is 11.8 Å². The minimum Gasteiger partial charge on any atom is -0.394 e. The largest absolute Gasteiger partial charge is 0.394 e. The van der Waals surface area contributed by atoms with Crippen molar-refractivity contribution < 1.29 is 27.9 Å². The highest BCUT2D eigenvalue weighted by Gasteiger charge is 2.06. The summed E-state index contributed by atoms with van der Waals surface area (Å²) in [7, 11) is -0.770. The molecule has 0 aliphatic rings. The summed E-state index contributed by atoms with van der Waals surface area (Å²) in [5.41, 5.74) is 0.956. The van der Waals surface area contributed by atoms with Gasteiger partial charge in [0.1, 0.15) is 0 Å². The molecule has 0 radical (unpaired) electrons. The molecule has 0 aromatic heterocycles. The van der Waals surface area contributed by atoms with Crippen molar-refractivity contribution in [3.8, 4) is 0 Å². The monoisotopic (exact) mass is 280 g/mol. The zero-order valence-corrected chi connectivity index (χ0v) is 11.5. The summed E-state index contributed by atoms with van der Waals surface area (Å²) in [6.07, 6.45) is 0. The number of benzene rings is 1. The second-order valence-corrected chi connectivity index (χ2v) is 4.57. The predicted octanol–water partition coefficient (Wildman–Crippen LogP) is 0.475. The number of aliphatic hydroxyl groups excluding tert-OH is 2. The first-order chi connectivity index (χ1) is 8.33. The number of ether oxygens (including phenoxy) is 1. The van der Waals surface area contributed by atoms with Crippen molar-refractivity contribution in [2.75, 3.05) is 27.4 Å². The third-order valence-electron chi connectivity index (χ3n) is 1.42. The number of rotatable bonds is 2. The molecule has 0 aliphatic heterocycles. The first kappa shape index (κ1) is 19.4. The number of aliphatic hydroxyl groups is 2. The molecule has 1 rings (SSSR count). The van der Waals surface area contributed by atoms with E-state index >= 15 is 0 Å². The van der Waals surface area contributed by atoms with Crippen molar-refractivity contribution in [1.29, 1.82) is 0 Å². The lowest BCUT2D eigenvalue weighted by Gasteiger charge is -1.95. The van der Waals surface area contributed by atoms with Crippen molar-refractivity contribution in [1.82, 2.24) is 0 Å². The van der Waals surface area contributed by atoms with E-state index in [1.165, 1.54) is 12.1 Å². The molecule has 0 heterocycles. The first-order valence-electron chi connectivity index (χ1n) is 4.99. The van der Waals surface area contributed by atoms with Crippen LogP contribution in [0, 0.1) is 6.92 Å². The van der Waals surface area contributed by atoms with Gasteiger partial charge in [0.05, 0.1) is 18.1 Å². The molecule has 0 saturated heterocycles. The minimum absolute atomic E-state index is 0.0666. The van der Waals surface area contributed by atoms with E-state index in [-0.39, 0.29) is 18.1 Å². The van der Waals surface area contributed by atoms with Crippen molar-refractivity contribution in [3.63, 3.8) is 0 Å². The van der Waals surface area contributed by atoms with Crippen molar-refractivity contribution >= 4 is 10.1 Å². The molecule has 7 heteroatoms. The highest BCUT2D eigenvalue weighted by Crippen LogP contribution is 2.08. The summed E-state index contributed by atoms with van der Waals surface area (Å²) < 4.78 is 33.8. The molecule has 6 nitrogen and oxygen atoms in total.